The molecule has 0 heterocycles. The predicted molar refractivity (Wildman–Crippen MR) is 49.5 cm³/mol. The molecule has 1 aromatic carbocycles. The molecule has 0 aliphatic heterocycles. The van der Waals surface area contributed by atoms with Crippen molar-refractivity contribution in [3.8, 4) is 5.75 Å². The lowest BCUT2D eigenvalue weighted by molar-refractivity contribution is 0.0521. The van der Waals surface area contributed by atoms with E-state index in [0.717, 1.165) is 0 Å². The third-order valence-electron chi connectivity index (χ3n) is 1.68. The molecule has 0 aromatic heterocycles. The van der Waals surface area contributed by atoms with Crippen molar-refractivity contribution in [3.05, 3.63) is 29.3 Å². The Bertz CT molecular complexity index is 357. The highest BCUT2D eigenvalue weighted by atomic mass is 16.5. The van der Waals surface area contributed by atoms with Gasteiger partial charge in [0, 0.05) is 5.56 Å². The molecule has 0 radical (unpaired) electrons. The fourth-order valence-electron chi connectivity index (χ4n) is 1.08. The second-order valence-electron chi connectivity index (χ2n) is 2.58. The maximum absolute atomic E-state index is 11.3. The van der Waals surface area contributed by atoms with Gasteiger partial charge in [0.05, 0.1) is 6.61 Å². The molecule has 74 valence electrons. The summed E-state index contributed by atoms with van der Waals surface area (Å²) in [6.07, 6.45) is 0.506. The standard InChI is InChI=1S/C10H10O4/c1-2-14-10(13)9-7(6-11)4-3-5-8(9)12/h3-6,12H,2H2,1H3. The van der Waals surface area contributed by atoms with Crippen LogP contribution in [0.2, 0.25) is 0 Å². The first-order chi connectivity index (χ1) is 6.70. The van der Waals surface area contributed by atoms with Gasteiger partial charge in [-0.2, -0.15) is 0 Å². The quantitative estimate of drug-likeness (QED) is 0.583. The van der Waals surface area contributed by atoms with Gasteiger partial charge in [0.1, 0.15) is 11.3 Å². The minimum absolute atomic E-state index is 0.0793. The van der Waals surface area contributed by atoms with Gasteiger partial charge in [0.15, 0.2) is 6.29 Å². The number of aromatic hydroxyl groups is 1. The van der Waals surface area contributed by atoms with Gasteiger partial charge in [-0.3, -0.25) is 4.79 Å². The van der Waals surface area contributed by atoms with Gasteiger partial charge in [-0.1, -0.05) is 12.1 Å². The van der Waals surface area contributed by atoms with E-state index >= 15 is 0 Å². The van der Waals surface area contributed by atoms with Crippen LogP contribution in [0.3, 0.4) is 0 Å². The number of phenols is 1. The number of phenolic OH excluding ortho intramolecular Hbond substituents is 1. The average Bonchev–Trinajstić information content (AvgIpc) is 2.17. The van der Waals surface area contributed by atoms with E-state index in [2.05, 4.69) is 0 Å². The molecule has 0 atom stereocenters. The van der Waals surface area contributed by atoms with E-state index in [1.807, 2.05) is 0 Å². The maximum atomic E-state index is 11.3. The highest BCUT2D eigenvalue weighted by Gasteiger charge is 2.16. The van der Waals surface area contributed by atoms with Gasteiger partial charge in [-0.15, -0.1) is 0 Å². The molecule has 0 amide bonds. The number of carbonyl (C=O) groups is 2. The number of aldehydes is 1. The van der Waals surface area contributed by atoms with Crippen molar-refractivity contribution < 1.29 is 19.4 Å². The summed E-state index contributed by atoms with van der Waals surface area (Å²) in [5.74, 6) is -0.930. The van der Waals surface area contributed by atoms with Crippen LogP contribution in [-0.2, 0) is 4.74 Å². The zero-order chi connectivity index (χ0) is 10.6. The summed E-state index contributed by atoms with van der Waals surface area (Å²) in [5, 5.41) is 9.36. The van der Waals surface area contributed by atoms with E-state index in [9.17, 15) is 14.7 Å². The second kappa shape index (κ2) is 4.41. The van der Waals surface area contributed by atoms with Crippen molar-refractivity contribution in [2.24, 2.45) is 0 Å². The second-order valence-corrected chi connectivity index (χ2v) is 2.58. The van der Waals surface area contributed by atoms with E-state index in [1.54, 1.807) is 6.92 Å². The molecule has 0 aliphatic rings. The molecule has 1 N–H and O–H groups in total. The minimum Gasteiger partial charge on any atom is -0.507 e. The Balaban J connectivity index is 3.16. The Labute approximate surface area is 81.1 Å². The molecule has 1 aromatic rings. The smallest absolute Gasteiger partial charge is 0.342 e. The number of carbonyl (C=O) groups excluding carboxylic acids is 2. The third kappa shape index (κ3) is 1.90. The molecule has 14 heavy (non-hydrogen) atoms. The summed E-state index contributed by atoms with van der Waals surface area (Å²) in [6.45, 7) is 1.85. The molecular weight excluding hydrogens is 184 g/mol. The van der Waals surface area contributed by atoms with Crippen molar-refractivity contribution >= 4 is 12.3 Å². The van der Waals surface area contributed by atoms with Crippen molar-refractivity contribution in [2.45, 2.75) is 6.92 Å². The highest BCUT2D eigenvalue weighted by Crippen LogP contribution is 2.20. The summed E-state index contributed by atoms with van der Waals surface area (Å²) < 4.78 is 4.69. The summed E-state index contributed by atoms with van der Waals surface area (Å²) in [4.78, 5) is 21.9. The summed E-state index contributed by atoms with van der Waals surface area (Å²) in [6, 6.07) is 4.26. The Morgan fingerprint density at radius 1 is 1.57 bits per heavy atom. The fraction of sp³-hybridized carbons (Fsp3) is 0.200. The van der Waals surface area contributed by atoms with Crippen LogP contribution in [0.4, 0.5) is 0 Å². The SMILES string of the molecule is CCOC(=O)c1c(O)cccc1C=O. The predicted octanol–water partition coefficient (Wildman–Crippen LogP) is 1.38. The molecule has 4 nitrogen and oxygen atoms in total. The van der Waals surface area contributed by atoms with Crippen molar-refractivity contribution in [3.63, 3.8) is 0 Å². The van der Waals surface area contributed by atoms with Gasteiger partial charge < -0.3 is 9.84 Å². The van der Waals surface area contributed by atoms with Crippen molar-refractivity contribution in [1.82, 2.24) is 0 Å². The monoisotopic (exact) mass is 194 g/mol. The number of ether oxygens (including phenoxy) is 1. The van der Waals surface area contributed by atoms with E-state index in [0.29, 0.717) is 6.29 Å². The number of esters is 1. The van der Waals surface area contributed by atoms with Crippen LogP contribution in [0.15, 0.2) is 18.2 Å². The van der Waals surface area contributed by atoms with Gasteiger partial charge in [0.25, 0.3) is 0 Å². The average molecular weight is 194 g/mol. The lowest BCUT2D eigenvalue weighted by Crippen LogP contribution is -2.08. The summed E-state index contributed by atoms with van der Waals surface area (Å²) >= 11 is 0. The van der Waals surface area contributed by atoms with Crippen LogP contribution in [0, 0.1) is 0 Å². The van der Waals surface area contributed by atoms with Crippen LogP contribution in [0.25, 0.3) is 0 Å². The Kier molecular flexibility index (Phi) is 3.23. The largest absolute Gasteiger partial charge is 0.507 e. The summed E-state index contributed by atoms with van der Waals surface area (Å²) in [5.41, 5.74) is 0.0489. The van der Waals surface area contributed by atoms with Crippen LogP contribution in [0.5, 0.6) is 5.75 Å². The Hall–Kier alpha value is -1.84. The lowest BCUT2D eigenvalue weighted by atomic mass is 10.1. The highest BCUT2D eigenvalue weighted by molar-refractivity contribution is 6.00. The number of hydrogen-bond acceptors (Lipinski definition) is 4. The molecule has 0 unspecified atom stereocenters. The minimum atomic E-state index is -0.687. The molecule has 0 aliphatic carbocycles. The van der Waals surface area contributed by atoms with E-state index < -0.39 is 5.97 Å². The van der Waals surface area contributed by atoms with Crippen LogP contribution < -0.4 is 0 Å². The normalized spacial score (nSPS) is 9.50. The fourth-order valence-corrected chi connectivity index (χ4v) is 1.08. The van der Waals surface area contributed by atoms with Crippen LogP contribution in [-0.4, -0.2) is 24.0 Å². The number of hydrogen-bond donors (Lipinski definition) is 1. The lowest BCUT2D eigenvalue weighted by Gasteiger charge is -2.05. The van der Waals surface area contributed by atoms with E-state index in [-0.39, 0.29) is 23.5 Å². The molecule has 4 heteroatoms. The van der Waals surface area contributed by atoms with Crippen LogP contribution >= 0.6 is 0 Å². The molecule has 1 rings (SSSR count). The van der Waals surface area contributed by atoms with Crippen LogP contribution in [0.1, 0.15) is 27.6 Å². The first-order valence-corrected chi connectivity index (χ1v) is 4.15. The van der Waals surface area contributed by atoms with Gasteiger partial charge in [-0.25, -0.2) is 4.79 Å². The molecule has 0 saturated carbocycles. The topological polar surface area (TPSA) is 63.6 Å². The molecule has 0 spiro atoms. The number of rotatable bonds is 3. The third-order valence-corrected chi connectivity index (χ3v) is 1.68. The Morgan fingerprint density at radius 2 is 2.29 bits per heavy atom. The van der Waals surface area contributed by atoms with Gasteiger partial charge in [-0.05, 0) is 13.0 Å². The first kappa shape index (κ1) is 10.2. The number of benzene rings is 1. The van der Waals surface area contributed by atoms with Gasteiger partial charge >= 0.3 is 5.97 Å². The Morgan fingerprint density at radius 3 is 2.86 bits per heavy atom. The summed E-state index contributed by atoms with van der Waals surface area (Å²) in [7, 11) is 0. The van der Waals surface area contributed by atoms with E-state index in [1.165, 1.54) is 18.2 Å². The van der Waals surface area contributed by atoms with E-state index in [4.69, 9.17) is 4.74 Å². The maximum Gasteiger partial charge on any atom is 0.342 e. The zero-order valence-electron chi connectivity index (χ0n) is 7.69. The van der Waals surface area contributed by atoms with Crippen molar-refractivity contribution in [2.75, 3.05) is 6.61 Å². The molecule has 0 bridgehead atoms. The molecule has 0 saturated heterocycles. The first-order valence-electron chi connectivity index (χ1n) is 4.15. The zero-order valence-corrected chi connectivity index (χ0v) is 7.69. The molecular formula is C10H10O4. The van der Waals surface area contributed by atoms with Gasteiger partial charge in [0.2, 0.25) is 0 Å². The molecule has 0 fully saturated rings. The van der Waals surface area contributed by atoms with Crippen molar-refractivity contribution in [1.29, 1.82) is 0 Å².